The summed E-state index contributed by atoms with van der Waals surface area (Å²) >= 11 is 0. The first-order valence-electron chi connectivity index (χ1n) is 9.58. The van der Waals surface area contributed by atoms with Crippen molar-refractivity contribution < 1.29 is 24.2 Å². The van der Waals surface area contributed by atoms with Gasteiger partial charge in [-0.05, 0) is 41.5 Å². The summed E-state index contributed by atoms with van der Waals surface area (Å²) in [5.41, 5.74) is 1.59. The molecule has 3 rings (SSSR count). The molecule has 0 heterocycles. The molecule has 3 aromatic carbocycles. The van der Waals surface area contributed by atoms with Crippen LogP contribution in [0, 0.1) is 0 Å². The number of benzene rings is 3. The van der Waals surface area contributed by atoms with Crippen molar-refractivity contribution in [3.05, 3.63) is 108 Å². The Kier molecular flexibility index (Phi) is 7.27. The molecule has 0 amide bonds. The number of ketones is 2. The van der Waals surface area contributed by atoms with Crippen molar-refractivity contribution in [2.24, 2.45) is 0 Å². The molecule has 0 bridgehead atoms. The summed E-state index contributed by atoms with van der Waals surface area (Å²) in [5, 5.41) is 10.0. The van der Waals surface area contributed by atoms with Gasteiger partial charge in [-0.3, -0.25) is 9.59 Å². The van der Waals surface area contributed by atoms with Crippen LogP contribution in [0.25, 0.3) is 12.2 Å². The van der Waals surface area contributed by atoms with Gasteiger partial charge in [-0.25, -0.2) is 4.79 Å². The molecule has 0 aliphatic heterocycles. The van der Waals surface area contributed by atoms with Gasteiger partial charge in [-0.1, -0.05) is 66.7 Å². The first kappa shape index (κ1) is 21.5. The molecule has 0 spiro atoms. The highest BCUT2D eigenvalue weighted by molar-refractivity contribution is 6.13. The Morgan fingerprint density at radius 2 is 1.35 bits per heavy atom. The minimum Gasteiger partial charge on any atom is -0.507 e. The summed E-state index contributed by atoms with van der Waals surface area (Å²) in [7, 11) is 0. The molecule has 0 fully saturated rings. The van der Waals surface area contributed by atoms with Gasteiger partial charge >= 0.3 is 5.97 Å². The molecule has 31 heavy (non-hydrogen) atoms. The van der Waals surface area contributed by atoms with E-state index in [0.29, 0.717) is 0 Å². The Bertz CT molecular complexity index is 1130. The minimum absolute atomic E-state index is 0.0844. The molecule has 0 aliphatic carbocycles. The van der Waals surface area contributed by atoms with Crippen molar-refractivity contribution in [2.75, 3.05) is 0 Å². The van der Waals surface area contributed by atoms with Crippen molar-refractivity contribution in [2.45, 2.75) is 6.42 Å². The lowest BCUT2D eigenvalue weighted by Crippen LogP contribution is -2.08. The van der Waals surface area contributed by atoms with Crippen LogP contribution in [0.2, 0.25) is 0 Å². The number of carbonyl (C=O) groups excluding carboxylic acids is 3. The van der Waals surface area contributed by atoms with Crippen molar-refractivity contribution in [3.63, 3.8) is 0 Å². The number of hydrogen-bond donors (Lipinski definition) is 1. The lowest BCUT2D eigenvalue weighted by Gasteiger charge is -2.06. The summed E-state index contributed by atoms with van der Waals surface area (Å²) in [6, 6.07) is 22.3. The lowest BCUT2D eigenvalue weighted by molar-refractivity contribution is -0.128. The monoisotopic (exact) mass is 412 g/mol. The predicted octanol–water partition coefficient (Wildman–Crippen LogP) is 4.87. The summed E-state index contributed by atoms with van der Waals surface area (Å²) in [6.07, 6.45) is 5.39. The quantitative estimate of drug-likeness (QED) is 0.188. The second-order valence-corrected chi connectivity index (χ2v) is 6.65. The minimum atomic E-state index is -0.630. The molecule has 5 nitrogen and oxygen atoms in total. The molecular formula is C26H20O5. The Hall–Kier alpha value is -4.25. The fourth-order valence-corrected chi connectivity index (χ4v) is 2.75. The zero-order chi connectivity index (χ0) is 22.1. The topological polar surface area (TPSA) is 80.7 Å². The third-order valence-electron chi connectivity index (χ3n) is 4.29. The van der Waals surface area contributed by atoms with Gasteiger partial charge < -0.3 is 9.84 Å². The van der Waals surface area contributed by atoms with Gasteiger partial charge in [0, 0.05) is 6.08 Å². The molecule has 0 atom stereocenters. The van der Waals surface area contributed by atoms with Crippen molar-refractivity contribution >= 4 is 29.7 Å². The van der Waals surface area contributed by atoms with Crippen molar-refractivity contribution in [1.29, 1.82) is 0 Å². The molecule has 0 unspecified atom stereocenters. The number of Topliss-reactive ketones (excluding diaryl/α,β-unsaturated/α-hetero) is 1. The van der Waals surface area contributed by atoms with E-state index in [2.05, 4.69) is 0 Å². The maximum Gasteiger partial charge on any atom is 0.336 e. The van der Waals surface area contributed by atoms with Crippen LogP contribution >= 0.6 is 0 Å². The van der Waals surface area contributed by atoms with E-state index in [4.69, 9.17) is 4.74 Å². The molecule has 154 valence electrons. The number of aromatic hydroxyl groups is 1. The fourth-order valence-electron chi connectivity index (χ4n) is 2.75. The number of phenolic OH excluding ortho intramolecular Hbond substituents is 1. The van der Waals surface area contributed by atoms with Crippen LogP contribution < -0.4 is 4.74 Å². The van der Waals surface area contributed by atoms with Crippen molar-refractivity contribution in [3.8, 4) is 11.5 Å². The molecule has 5 heteroatoms. The van der Waals surface area contributed by atoms with E-state index in [1.54, 1.807) is 12.2 Å². The molecule has 0 saturated carbocycles. The highest BCUT2D eigenvalue weighted by Crippen LogP contribution is 2.25. The molecular weight excluding hydrogens is 392 g/mol. The van der Waals surface area contributed by atoms with Crippen LogP contribution in [0.3, 0.4) is 0 Å². The maximum atomic E-state index is 12.5. The van der Waals surface area contributed by atoms with Gasteiger partial charge in [-0.15, -0.1) is 0 Å². The zero-order valence-electron chi connectivity index (χ0n) is 16.6. The largest absolute Gasteiger partial charge is 0.507 e. The second kappa shape index (κ2) is 10.5. The molecule has 0 radical (unpaired) electrons. The van der Waals surface area contributed by atoms with Crippen molar-refractivity contribution in [1.82, 2.24) is 0 Å². The highest BCUT2D eigenvalue weighted by atomic mass is 16.5. The number of carbonyl (C=O) groups is 3. The van der Waals surface area contributed by atoms with E-state index in [9.17, 15) is 19.5 Å². The third kappa shape index (κ3) is 6.65. The maximum absolute atomic E-state index is 12.5. The summed E-state index contributed by atoms with van der Waals surface area (Å²) < 4.78 is 5.20. The number of ether oxygens (including phenoxy) is 1. The molecule has 3 aromatic rings. The van der Waals surface area contributed by atoms with Crippen LogP contribution in [0.1, 0.15) is 27.9 Å². The van der Waals surface area contributed by atoms with Crippen LogP contribution in [-0.4, -0.2) is 22.6 Å². The first-order chi connectivity index (χ1) is 15.0. The standard InChI is InChI=1S/C26H20O5/c27-21(13-11-19-7-3-1-4-8-19)17-25(29)23-18-22(14-15-24(23)28)31-26(30)16-12-20-9-5-2-6-10-20/h1-16,18,28H,17H2/b13-11+,16-12+. The SMILES string of the molecule is O=C(/C=C/c1ccccc1)CC(=O)c1cc(OC(=O)/C=C/c2ccccc2)ccc1O. The summed E-state index contributed by atoms with van der Waals surface area (Å²) in [5.74, 6) is -1.80. The van der Waals surface area contributed by atoms with E-state index in [1.165, 1.54) is 30.4 Å². The molecule has 0 aromatic heterocycles. The molecule has 0 aliphatic rings. The average Bonchev–Trinajstić information content (AvgIpc) is 2.79. The number of esters is 1. The smallest absolute Gasteiger partial charge is 0.336 e. The fraction of sp³-hybridized carbons (Fsp3) is 0.0385. The van der Waals surface area contributed by atoms with Gasteiger partial charge in [0.25, 0.3) is 0 Å². The van der Waals surface area contributed by atoms with E-state index in [0.717, 1.165) is 11.1 Å². The van der Waals surface area contributed by atoms with E-state index < -0.39 is 24.0 Å². The number of phenols is 1. The average molecular weight is 412 g/mol. The Morgan fingerprint density at radius 1 is 0.774 bits per heavy atom. The van der Waals surface area contributed by atoms with Crippen LogP contribution in [0.5, 0.6) is 11.5 Å². The van der Waals surface area contributed by atoms with Gasteiger partial charge in [0.05, 0.1) is 12.0 Å². The molecule has 0 saturated heterocycles. The Morgan fingerprint density at radius 3 is 1.97 bits per heavy atom. The number of allylic oxidation sites excluding steroid dienone is 1. The molecule has 1 N–H and O–H groups in total. The summed E-state index contributed by atoms with van der Waals surface area (Å²) in [4.78, 5) is 36.6. The lowest BCUT2D eigenvalue weighted by atomic mass is 10.0. The van der Waals surface area contributed by atoms with E-state index in [1.807, 2.05) is 60.7 Å². The summed E-state index contributed by atoms with van der Waals surface area (Å²) in [6.45, 7) is 0. The van der Waals surface area contributed by atoms with Gasteiger partial charge in [0.1, 0.15) is 11.5 Å². The number of rotatable bonds is 8. The van der Waals surface area contributed by atoms with E-state index in [-0.39, 0.29) is 17.1 Å². The zero-order valence-corrected chi connectivity index (χ0v) is 16.6. The van der Waals surface area contributed by atoms with Crippen LogP contribution in [0.15, 0.2) is 91.0 Å². The third-order valence-corrected chi connectivity index (χ3v) is 4.29. The van der Waals surface area contributed by atoms with Crippen LogP contribution in [-0.2, 0) is 9.59 Å². The second-order valence-electron chi connectivity index (χ2n) is 6.65. The Labute approximate surface area is 179 Å². The predicted molar refractivity (Wildman–Crippen MR) is 119 cm³/mol. The van der Waals surface area contributed by atoms with Gasteiger partial charge in [0.2, 0.25) is 0 Å². The van der Waals surface area contributed by atoms with Gasteiger partial charge in [-0.2, -0.15) is 0 Å². The normalized spacial score (nSPS) is 11.0. The highest BCUT2D eigenvalue weighted by Gasteiger charge is 2.16. The first-order valence-corrected chi connectivity index (χ1v) is 9.58. The van der Waals surface area contributed by atoms with E-state index >= 15 is 0 Å². The number of hydrogen-bond acceptors (Lipinski definition) is 5. The van der Waals surface area contributed by atoms with Crippen LogP contribution in [0.4, 0.5) is 0 Å². The van der Waals surface area contributed by atoms with Gasteiger partial charge in [0.15, 0.2) is 11.6 Å². The Balaban J connectivity index is 1.63.